The van der Waals surface area contributed by atoms with E-state index in [1.807, 2.05) is 29.6 Å². The molecule has 0 bridgehead atoms. The number of hydrogen-bond donors (Lipinski definition) is 1. The summed E-state index contributed by atoms with van der Waals surface area (Å²) >= 11 is 1.62. The number of nitrogens with zero attached hydrogens (tertiary/aromatic N) is 2. The fourth-order valence-electron chi connectivity index (χ4n) is 1.95. The molecule has 5 heteroatoms. The Morgan fingerprint density at radius 1 is 0.952 bits per heavy atom. The summed E-state index contributed by atoms with van der Waals surface area (Å²) in [6.07, 6.45) is 2.79. The molecule has 0 aliphatic heterocycles. The predicted octanol–water partition coefficient (Wildman–Crippen LogP) is 4.28. The Bertz CT molecular complexity index is 656. The van der Waals surface area contributed by atoms with Gasteiger partial charge >= 0.3 is 0 Å². The van der Waals surface area contributed by atoms with Crippen molar-refractivity contribution in [2.24, 2.45) is 0 Å². The first kappa shape index (κ1) is 15.5. The highest BCUT2D eigenvalue weighted by molar-refractivity contribution is 7.14. The molecular weight excluding hydrogens is 302 g/mol. The molecule has 0 fully saturated rings. The number of benzene rings is 1. The maximum absolute atomic E-state index is 4.56. The molecule has 108 valence electrons. The first-order valence-electron chi connectivity index (χ1n) is 6.56. The largest absolute Gasteiger partial charge is 0.361 e. The molecule has 0 aliphatic rings. The van der Waals surface area contributed by atoms with E-state index < -0.39 is 0 Å². The van der Waals surface area contributed by atoms with Gasteiger partial charge in [-0.2, -0.15) is 0 Å². The Morgan fingerprint density at radius 3 is 2.52 bits per heavy atom. The van der Waals surface area contributed by atoms with E-state index in [0.717, 1.165) is 29.5 Å². The zero-order valence-corrected chi connectivity index (χ0v) is 13.0. The lowest BCUT2D eigenvalue weighted by Crippen LogP contribution is -2.04. The van der Waals surface area contributed by atoms with Crippen LogP contribution in [-0.2, 0) is 6.42 Å². The molecule has 3 nitrogen and oxygen atoms in total. The minimum atomic E-state index is 0. The molecule has 0 saturated carbocycles. The van der Waals surface area contributed by atoms with Crippen molar-refractivity contribution in [2.75, 3.05) is 11.9 Å². The summed E-state index contributed by atoms with van der Waals surface area (Å²) in [6, 6.07) is 16.3. The van der Waals surface area contributed by atoms with E-state index in [1.54, 1.807) is 17.5 Å². The Labute approximate surface area is 134 Å². The number of thiazole rings is 1. The fourth-order valence-corrected chi connectivity index (χ4v) is 2.68. The van der Waals surface area contributed by atoms with Gasteiger partial charge in [0.25, 0.3) is 0 Å². The SMILES string of the molecule is Cl.c1ccc(CCNc2nc(-c3ccccn3)cs2)cc1. The average molecular weight is 318 g/mol. The topological polar surface area (TPSA) is 37.8 Å². The van der Waals surface area contributed by atoms with Crippen molar-refractivity contribution >= 4 is 28.9 Å². The van der Waals surface area contributed by atoms with Gasteiger partial charge in [0, 0.05) is 18.1 Å². The van der Waals surface area contributed by atoms with Gasteiger partial charge in [-0.15, -0.1) is 23.7 Å². The molecule has 0 aliphatic carbocycles. The predicted molar refractivity (Wildman–Crippen MR) is 91.2 cm³/mol. The molecule has 3 aromatic rings. The number of rotatable bonds is 5. The molecule has 3 rings (SSSR count). The van der Waals surface area contributed by atoms with Gasteiger partial charge in [0.1, 0.15) is 5.69 Å². The number of nitrogens with one attached hydrogen (secondary N) is 1. The zero-order valence-electron chi connectivity index (χ0n) is 11.4. The fraction of sp³-hybridized carbons (Fsp3) is 0.125. The summed E-state index contributed by atoms with van der Waals surface area (Å²) in [5.74, 6) is 0. The normalized spacial score (nSPS) is 9.90. The van der Waals surface area contributed by atoms with Crippen molar-refractivity contribution in [3.8, 4) is 11.4 Å². The van der Waals surface area contributed by atoms with Gasteiger partial charge in [0.2, 0.25) is 0 Å². The Hall–Kier alpha value is -1.91. The third kappa shape index (κ3) is 4.28. The number of hydrogen-bond acceptors (Lipinski definition) is 4. The van der Waals surface area contributed by atoms with E-state index in [2.05, 4.69) is 39.6 Å². The highest BCUT2D eigenvalue weighted by atomic mass is 35.5. The van der Waals surface area contributed by atoms with Crippen LogP contribution in [0.15, 0.2) is 60.1 Å². The quantitative estimate of drug-likeness (QED) is 0.763. The van der Waals surface area contributed by atoms with Crippen molar-refractivity contribution in [1.82, 2.24) is 9.97 Å². The van der Waals surface area contributed by atoms with Gasteiger partial charge in [0.15, 0.2) is 5.13 Å². The molecule has 1 N–H and O–H groups in total. The van der Waals surface area contributed by atoms with E-state index >= 15 is 0 Å². The van der Waals surface area contributed by atoms with Gasteiger partial charge < -0.3 is 5.32 Å². The number of anilines is 1. The molecule has 0 atom stereocenters. The molecule has 0 saturated heterocycles. The average Bonchev–Trinajstić information content (AvgIpc) is 2.98. The van der Waals surface area contributed by atoms with Crippen LogP contribution in [0.3, 0.4) is 0 Å². The maximum atomic E-state index is 4.56. The molecule has 0 amide bonds. The van der Waals surface area contributed by atoms with Crippen molar-refractivity contribution in [3.63, 3.8) is 0 Å². The van der Waals surface area contributed by atoms with E-state index in [0.29, 0.717) is 0 Å². The third-order valence-electron chi connectivity index (χ3n) is 2.96. The first-order chi connectivity index (χ1) is 9.92. The summed E-state index contributed by atoms with van der Waals surface area (Å²) in [5.41, 5.74) is 3.18. The number of aromatic nitrogens is 2. The second-order valence-corrected chi connectivity index (χ2v) is 5.27. The second kappa shape index (κ2) is 7.76. The van der Waals surface area contributed by atoms with Crippen molar-refractivity contribution in [2.45, 2.75) is 6.42 Å². The van der Waals surface area contributed by atoms with Crippen LogP contribution in [0.4, 0.5) is 5.13 Å². The minimum Gasteiger partial charge on any atom is -0.361 e. The summed E-state index contributed by atoms with van der Waals surface area (Å²) in [6.45, 7) is 0.888. The molecule has 21 heavy (non-hydrogen) atoms. The lowest BCUT2D eigenvalue weighted by atomic mass is 10.1. The van der Waals surface area contributed by atoms with Gasteiger partial charge in [-0.1, -0.05) is 36.4 Å². The van der Waals surface area contributed by atoms with E-state index in [1.165, 1.54) is 5.56 Å². The lowest BCUT2D eigenvalue weighted by Gasteiger charge is -2.02. The van der Waals surface area contributed by atoms with Crippen LogP contribution in [-0.4, -0.2) is 16.5 Å². The summed E-state index contributed by atoms with van der Waals surface area (Å²) in [5, 5.41) is 6.34. The standard InChI is InChI=1S/C16H15N3S.ClH/c1-2-6-13(7-3-1)9-11-18-16-19-15(12-20-16)14-8-4-5-10-17-14;/h1-8,10,12H,9,11H2,(H,18,19);1H. The second-order valence-electron chi connectivity index (χ2n) is 4.42. The number of halogens is 1. The van der Waals surface area contributed by atoms with Gasteiger partial charge in [-0.25, -0.2) is 4.98 Å². The molecule has 0 radical (unpaired) electrons. The lowest BCUT2D eigenvalue weighted by molar-refractivity contribution is 1.02. The van der Waals surface area contributed by atoms with Crippen molar-refractivity contribution < 1.29 is 0 Å². The van der Waals surface area contributed by atoms with Crippen LogP contribution in [0.1, 0.15) is 5.56 Å². The van der Waals surface area contributed by atoms with Crippen LogP contribution < -0.4 is 5.32 Å². The van der Waals surface area contributed by atoms with E-state index in [9.17, 15) is 0 Å². The summed E-state index contributed by atoms with van der Waals surface area (Å²) < 4.78 is 0. The van der Waals surface area contributed by atoms with Crippen LogP contribution in [0.5, 0.6) is 0 Å². The molecule has 1 aromatic carbocycles. The zero-order chi connectivity index (χ0) is 13.6. The molecular formula is C16H16ClN3S. The van der Waals surface area contributed by atoms with E-state index in [-0.39, 0.29) is 12.4 Å². The smallest absolute Gasteiger partial charge is 0.183 e. The third-order valence-corrected chi connectivity index (χ3v) is 3.76. The number of pyridine rings is 1. The molecule has 0 spiro atoms. The Morgan fingerprint density at radius 2 is 1.76 bits per heavy atom. The first-order valence-corrected chi connectivity index (χ1v) is 7.44. The minimum absolute atomic E-state index is 0. The van der Waals surface area contributed by atoms with E-state index in [4.69, 9.17) is 0 Å². The van der Waals surface area contributed by atoms with Crippen LogP contribution >= 0.6 is 23.7 Å². The van der Waals surface area contributed by atoms with Gasteiger partial charge in [0.05, 0.1) is 5.69 Å². The summed E-state index contributed by atoms with van der Waals surface area (Å²) in [7, 11) is 0. The van der Waals surface area contributed by atoms with Crippen LogP contribution in [0.25, 0.3) is 11.4 Å². The van der Waals surface area contributed by atoms with Crippen LogP contribution in [0, 0.1) is 0 Å². The van der Waals surface area contributed by atoms with Crippen LogP contribution in [0.2, 0.25) is 0 Å². The summed E-state index contributed by atoms with van der Waals surface area (Å²) in [4.78, 5) is 8.86. The maximum Gasteiger partial charge on any atom is 0.183 e. The van der Waals surface area contributed by atoms with Gasteiger partial charge in [-0.05, 0) is 24.1 Å². The highest BCUT2D eigenvalue weighted by Crippen LogP contribution is 2.22. The van der Waals surface area contributed by atoms with Gasteiger partial charge in [-0.3, -0.25) is 4.98 Å². The highest BCUT2D eigenvalue weighted by Gasteiger charge is 2.04. The molecule has 2 aromatic heterocycles. The molecule has 2 heterocycles. The Balaban J connectivity index is 0.00000161. The Kier molecular flexibility index (Phi) is 5.72. The monoisotopic (exact) mass is 317 g/mol. The van der Waals surface area contributed by atoms with Crippen molar-refractivity contribution in [1.29, 1.82) is 0 Å². The van der Waals surface area contributed by atoms with Crippen molar-refractivity contribution in [3.05, 3.63) is 65.7 Å². The molecule has 0 unspecified atom stereocenters.